The van der Waals surface area contributed by atoms with Gasteiger partial charge >= 0.3 is 11.9 Å². The molecular weight excluding hydrogens is 484 g/mol. The summed E-state index contributed by atoms with van der Waals surface area (Å²) in [6, 6.07) is 9.69. The highest BCUT2D eigenvalue weighted by atomic mass is 16.7. The maximum atomic E-state index is 13.1. The van der Waals surface area contributed by atoms with Crippen LogP contribution < -0.4 is 19.5 Å². The number of carbonyl (C=O) groups excluding carboxylic acids is 3. The predicted molar refractivity (Wildman–Crippen MR) is 130 cm³/mol. The average molecular weight is 517 g/mol. The first kappa shape index (κ1) is 27.7. The highest BCUT2D eigenvalue weighted by Gasteiger charge is 2.36. The molecule has 11 heteroatoms. The Kier molecular flexibility index (Phi) is 10.1. The van der Waals surface area contributed by atoms with Crippen molar-refractivity contribution >= 4 is 17.8 Å². The van der Waals surface area contributed by atoms with E-state index in [0.717, 1.165) is 0 Å². The summed E-state index contributed by atoms with van der Waals surface area (Å²) in [5.74, 6) is -1.09. The van der Waals surface area contributed by atoms with Crippen LogP contribution in [0.3, 0.4) is 0 Å². The molecule has 1 aromatic carbocycles. The molecule has 1 aliphatic heterocycles. The lowest BCUT2D eigenvalue weighted by Gasteiger charge is -2.30. The van der Waals surface area contributed by atoms with E-state index in [0.29, 0.717) is 12.2 Å². The summed E-state index contributed by atoms with van der Waals surface area (Å²) in [7, 11) is 1.39. The zero-order valence-electron chi connectivity index (χ0n) is 21.3. The van der Waals surface area contributed by atoms with E-state index in [9.17, 15) is 14.4 Å². The van der Waals surface area contributed by atoms with Crippen LogP contribution >= 0.6 is 0 Å². The van der Waals surface area contributed by atoms with E-state index in [4.69, 9.17) is 28.4 Å². The Morgan fingerprint density at radius 1 is 1.19 bits per heavy atom. The number of para-hydroxylation sites is 1. The number of benzene rings is 1. The SMILES string of the molecule is CC[C@H]1OCC[C@H](NC(=O)c2nccc(OC)c2OCOC(C)=O)C(=O)O[C@@H](C)[C@@H]1Oc1ccccc1. The lowest BCUT2D eigenvalue weighted by atomic mass is 10.1. The highest BCUT2D eigenvalue weighted by molar-refractivity contribution is 5.98. The van der Waals surface area contributed by atoms with E-state index in [1.54, 1.807) is 6.92 Å². The molecular formula is C26H32N2O9. The first-order valence-corrected chi connectivity index (χ1v) is 12.0. The van der Waals surface area contributed by atoms with Crippen molar-refractivity contribution in [2.75, 3.05) is 20.5 Å². The monoisotopic (exact) mass is 516 g/mol. The largest absolute Gasteiger partial charge is 0.493 e. The van der Waals surface area contributed by atoms with Gasteiger partial charge in [-0.2, -0.15) is 0 Å². The van der Waals surface area contributed by atoms with Crippen molar-refractivity contribution in [3.8, 4) is 17.2 Å². The molecule has 4 atom stereocenters. The third-order valence-electron chi connectivity index (χ3n) is 5.65. The number of cyclic esters (lactones) is 1. The van der Waals surface area contributed by atoms with Gasteiger partial charge in [0.1, 0.15) is 17.9 Å². The number of hydrogen-bond acceptors (Lipinski definition) is 10. The predicted octanol–water partition coefficient (Wildman–Crippen LogP) is 2.67. The fourth-order valence-corrected chi connectivity index (χ4v) is 3.78. The van der Waals surface area contributed by atoms with Gasteiger partial charge in [-0.05, 0) is 25.5 Å². The Morgan fingerprint density at radius 3 is 2.62 bits per heavy atom. The van der Waals surface area contributed by atoms with Gasteiger partial charge in [0.2, 0.25) is 6.79 Å². The Morgan fingerprint density at radius 2 is 1.95 bits per heavy atom. The second-order valence-electron chi connectivity index (χ2n) is 8.26. The third-order valence-corrected chi connectivity index (χ3v) is 5.65. The second kappa shape index (κ2) is 13.4. The Balaban J connectivity index is 1.76. The molecule has 0 aliphatic carbocycles. The van der Waals surface area contributed by atoms with Crippen molar-refractivity contribution in [1.29, 1.82) is 0 Å². The Labute approximate surface area is 215 Å². The van der Waals surface area contributed by atoms with Crippen molar-refractivity contribution in [2.24, 2.45) is 0 Å². The maximum Gasteiger partial charge on any atom is 0.329 e. The Hall–Kier alpha value is -3.86. The summed E-state index contributed by atoms with van der Waals surface area (Å²) in [6.07, 6.45) is 0.613. The van der Waals surface area contributed by atoms with Gasteiger partial charge in [-0.1, -0.05) is 25.1 Å². The lowest BCUT2D eigenvalue weighted by molar-refractivity contribution is -0.157. The van der Waals surface area contributed by atoms with Crippen LogP contribution in [0.2, 0.25) is 0 Å². The van der Waals surface area contributed by atoms with Crippen LogP contribution in [0.4, 0.5) is 0 Å². The van der Waals surface area contributed by atoms with E-state index >= 15 is 0 Å². The lowest BCUT2D eigenvalue weighted by Crippen LogP contribution is -2.46. The van der Waals surface area contributed by atoms with Crippen LogP contribution in [0.15, 0.2) is 42.6 Å². The number of rotatable bonds is 9. The molecule has 1 amide bonds. The van der Waals surface area contributed by atoms with Crippen LogP contribution in [0.1, 0.15) is 44.1 Å². The number of ether oxygens (including phenoxy) is 6. The third kappa shape index (κ3) is 7.56. The van der Waals surface area contributed by atoms with E-state index in [1.807, 2.05) is 37.3 Å². The van der Waals surface area contributed by atoms with Gasteiger partial charge in [0.25, 0.3) is 5.91 Å². The van der Waals surface area contributed by atoms with Crippen molar-refractivity contribution < 1.29 is 42.8 Å². The molecule has 0 saturated carbocycles. The fraction of sp³-hybridized carbons (Fsp3) is 0.462. The number of pyridine rings is 1. The molecule has 0 bridgehead atoms. The summed E-state index contributed by atoms with van der Waals surface area (Å²) in [6.45, 7) is 4.65. The minimum atomic E-state index is -1.02. The molecule has 2 heterocycles. The normalized spacial score (nSPS) is 21.9. The smallest absolute Gasteiger partial charge is 0.329 e. The van der Waals surface area contributed by atoms with Gasteiger partial charge in [-0.25, -0.2) is 9.78 Å². The quantitative estimate of drug-likeness (QED) is 0.392. The molecule has 37 heavy (non-hydrogen) atoms. The van der Waals surface area contributed by atoms with E-state index in [1.165, 1.54) is 26.3 Å². The molecule has 200 valence electrons. The summed E-state index contributed by atoms with van der Waals surface area (Å²) >= 11 is 0. The van der Waals surface area contributed by atoms with Gasteiger partial charge in [-0.3, -0.25) is 9.59 Å². The molecule has 11 nitrogen and oxygen atoms in total. The minimum absolute atomic E-state index is 0.0350. The van der Waals surface area contributed by atoms with Crippen LogP contribution in [0.25, 0.3) is 0 Å². The van der Waals surface area contributed by atoms with Gasteiger partial charge < -0.3 is 33.7 Å². The zero-order chi connectivity index (χ0) is 26.8. The number of aromatic nitrogens is 1. The van der Waals surface area contributed by atoms with Gasteiger partial charge in [-0.15, -0.1) is 0 Å². The number of carbonyl (C=O) groups is 3. The molecule has 3 rings (SSSR count). The summed E-state index contributed by atoms with van der Waals surface area (Å²) in [5, 5.41) is 2.65. The number of methoxy groups -OCH3 is 1. The first-order valence-electron chi connectivity index (χ1n) is 12.0. The van der Waals surface area contributed by atoms with Gasteiger partial charge in [0.05, 0.1) is 13.2 Å². The molecule has 0 radical (unpaired) electrons. The molecule has 2 aromatic rings. The number of amides is 1. The fourth-order valence-electron chi connectivity index (χ4n) is 3.78. The Bertz CT molecular complexity index is 1060. The highest BCUT2D eigenvalue weighted by Crippen LogP contribution is 2.30. The molecule has 1 aromatic heterocycles. The minimum Gasteiger partial charge on any atom is -0.493 e. The number of hydrogen-bond donors (Lipinski definition) is 1. The van der Waals surface area contributed by atoms with Crippen molar-refractivity contribution in [3.63, 3.8) is 0 Å². The molecule has 1 fully saturated rings. The number of nitrogens with one attached hydrogen (secondary N) is 1. The second-order valence-corrected chi connectivity index (χ2v) is 8.26. The van der Waals surface area contributed by atoms with Crippen LogP contribution in [0, 0.1) is 0 Å². The van der Waals surface area contributed by atoms with Gasteiger partial charge in [0, 0.05) is 32.2 Å². The van der Waals surface area contributed by atoms with E-state index in [-0.39, 0.29) is 36.3 Å². The topological polar surface area (TPSA) is 132 Å². The average Bonchev–Trinajstić information content (AvgIpc) is 2.93. The molecule has 0 unspecified atom stereocenters. The zero-order valence-corrected chi connectivity index (χ0v) is 21.3. The van der Waals surface area contributed by atoms with Crippen LogP contribution in [-0.4, -0.2) is 67.7 Å². The summed E-state index contributed by atoms with van der Waals surface area (Å²) < 4.78 is 33.4. The molecule has 1 N–H and O–H groups in total. The van der Waals surface area contributed by atoms with Crippen LogP contribution in [-0.2, 0) is 23.8 Å². The summed E-state index contributed by atoms with van der Waals surface area (Å²) in [5.41, 5.74) is -0.148. The van der Waals surface area contributed by atoms with E-state index < -0.39 is 42.9 Å². The van der Waals surface area contributed by atoms with Crippen molar-refractivity contribution in [1.82, 2.24) is 10.3 Å². The standard InChI is InChI=1S/C26H32N2O9/c1-5-20-23(37-18-9-7-6-8-10-18)16(2)36-26(31)19(12-14-33-20)28-25(30)22-24(35-15-34-17(3)29)21(32-4)11-13-27-22/h6-11,13,16,19-20,23H,5,12,14-15H2,1-4H3,(H,28,30)/t16-,19-,20+,23-/m0/s1. The number of esters is 2. The van der Waals surface area contributed by atoms with Gasteiger partial charge in [0.15, 0.2) is 23.3 Å². The molecule has 0 spiro atoms. The molecule has 1 aliphatic rings. The summed E-state index contributed by atoms with van der Waals surface area (Å²) in [4.78, 5) is 41.4. The maximum absolute atomic E-state index is 13.1. The first-order chi connectivity index (χ1) is 17.8. The van der Waals surface area contributed by atoms with Crippen LogP contribution in [0.5, 0.6) is 17.2 Å². The molecule has 1 saturated heterocycles. The van der Waals surface area contributed by atoms with E-state index in [2.05, 4.69) is 10.3 Å². The van der Waals surface area contributed by atoms with Crippen molar-refractivity contribution in [2.45, 2.75) is 58.0 Å². The number of nitrogens with zero attached hydrogens (tertiary/aromatic N) is 1. The van der Waals surface area contributed by atoms with Crippen molar-refractivity contribution in [3.05, 3.63) is 48.3 Å².